The lowest BCUT2D eigenvalue weighted by molar-refractivity contribution is 0.295. The van der Waals surface area contributed by atoms with Crippen molar-refractivity contribution in [3.8, 4) is 5.75 Å². The second kappa shape index (κ2) is 7.65. The zero-order chi connectivity index (χ0) is 14.4. The molecule has 0 bridgehead atoms. The van der Waals surface area contributed by atoms with Crippen molar-refractivity contribution in [1.29, 1.82) is 0 Å². The Kier molecular flexibility index (Phi) is 5.86. The molecule has 20 heavy (non-hydrogen) atoms. The maximum atomic E-state index is 5.31. The Hall–Kier alpha value is -1.06. The van der Waals surface area contributed by atoms with E-state index in [9.17, 15) is 0 Å². The average molecular weight is 276 g/mol. The van der Waals surface area contributed by atoms with E-state index < -0.39 is 0 Å². The van der Waals surface area contributed by atoms with E-state index in [0.29, 0.717) is 12.1 Å². The van der Waals surface area contributed by atoms with Gasteiger partial charge in [0.2, 0.25) is 0 Å². The Bertz CT molecular complexity index is 408. The molecule has 1 aliphatic heterocycles. The summed E-state index contributed by atoms with van der Waals surface area (Å²) in [6.45, 7) is 8.16. The van der Waals surface area contributed by atoms with Crippen LogP contribution in [0.2, 0.25) is 0 Å². The van der Waals surface area contributed by atoms with Crippen molar-refractivity contribution in [1.82, 2.24) is 10.2 Å². The van der Waals surface area contributed by atoms with Gasteiger partial charge in [-0.05, 0) is 63.5 Å². The molecule has 2 atom stereocenters. The molecular formula is C17H28N2O. The molecule has 1 N–H and O–H groups in total. The third kappa shape index (κ3) is 4.22. The number of methoxy groups -OCH3 is 1. The lowest BCUT2D eigenvalue weighted by atomic mass is 10.0. The first kappa shape index (κ1) is 15.3. The zero-order valence-electron chi connectivity index (χ0n) is 13.1. The van der Waals surface area contributed by atoms with Gasteiger partial charge in [-0.25, -0.2) is 0 Å². The Morgan fingerprint density at radius 1 is 1.35 bits per heavy atom. The van der Waals surface area contributed by atoms with Gasteiger partial charge >= 0.3 is 0 Å². The van der Waals surface area contributed by atoms with Crippen molar-refractivity contribution >= 4 is 0 Å². The van der Waals surface area contributed by atoms with Crippen LogP contribution in [0.15, 0.2) is 24.3 Å². The summed E-state index contributed by atoms with van der Waals surface area (Å²) in [6, 6.07) is 9.39. The molecule has 0 aromatic heterocycles. The molecule has 1 heterocycles. The van der Waals surface area contributed by atoms with Gasteiger partial charge in [-0.3, -0.25) is 0 Å². The Morgan fingerprint density at radius 2 is 2.20 bits per heavy atom. The predicted octanol–water partition coefficient (Wildman–Crippen LogP) is 3.22. The van der Waals surface area contributed by atoms with Crippen LogP contribution in [0.25, 0.3) is 0 Å². The monoisotopic (exact) mass is 276 g/mol. The van der Waals surface area contributed by atoms with Crippen LogP contribution < -0.4 is 10.1 Å². The summed E-state index contributed by atoms with van der Waals surface area (Å²) in [7, 11) is 1.72. The Morgan fingerprint density at radius 3 is 2.95 bits per heavy atom. The van der Waals surface area contributed by atoms with Crippen LogP contribution in [0.5, 0.6) is 5.75 Å². The Labute approximate surface area is 123 Å². The van der Waals surface area contributed by atoms with Crippen molar-refractivity contribution in [3.63, 3.8) is 0 Å². The summed E-state index contributed by atoms with van der Waals surface area (Å²) in [5.41, 5.74) is 1.31. The molecule has 1 saturated heterocycles. The second-order valence-electron chi connectivity index (χ2n) is 5.73. The molecule has 2 rings (SSSR count). The third-order valence-electron chi connectivity index (χ3n) is 4.35. The van der Waals surface area contributed by atoms with E-state index in [2.05, 4.69) is 42.3 Å². The molecule has 0 radical (unpaired) electrons. The predicted molar refractivity (Wildman–Crippen MR) is 84.3 cm³/mol. The fourth-order valence-corrected chi connectivity index (χ4v) is 3.00. The summed E-state index contributed by atoms with van der Waals surface area (Å²) in [4.78, 5) is 2.55. The van der Waals surface area contributed by atoms with E-state index in [-0.39, 0.29) is 0 Å². The van der Waals surface area contributed by atoms with Crippen LogP contribution in [-0.2, 0) is 0 Å². The highest BCUT2D eigenvalue weighted by Crippen LogP contribution is 2.21. The van der Waals surface area contributed by atoms with Gasteiger partial charge in [0.05, 0.1) is 7.11 Å². The highest BCUT2D eigenvalue weighted by atomic mass is 16.5. The molecule has 0 amide bonds. The van der Waals surface area contributed by atoms with Crippen molar-refractivity contribution < 1.29 is 4.74 Å². The van der Waals surface area contributed by atoms with Gasteiger partial charge in [0.15, 0.2) is 0 Å². The molecule has 2 unspecified atom stereocenters. The summed E-state index contributed by atoms with van der Waals surface area (Å²) in [6.07, 6.45) is 3.84. The minimum Gasteiger partial charge on any atom is -0.497 e. The van der Waals surface area contributed by atoms with Gasteiger partial charge < -0.3 is 15.0 Å². The van der Waals surface area contributed by atoms with Gasteiger partial charge in [-0.1, -0.05) is 19.1 Å². The van der Waals surface area contributed by atoms with Crippen LogP contribution >= 0.6 is 0 Å². The first-order chi connectivity index (χ1) is 9.72. The smallest absolute Gasteiger partial charge is 0.119 e. The van der Waals surface area contributed by atoms with Crippen LogP contribution in [0.1, 0.15) is 44.7 Å². The SMILES string of the molecule is CCN1CCCC(NC(C)c2cccc(OC)c2)CC1. The first-order valence-electron chi connectivity index (χ1n) is 7.85. The van der Waals surface area contributed by atoms with Gasteiger partial charge in [0.1, 0.15) is 5.75 Å². The highest BCUT2D eigenvalue weighted by Gasteiger charge is 2.18. The standard InChI is InChI=1S/C17H28N2O/c1-4-19-11-6-8-16(10-12-19)18-14(2)15-7-5-9-17(13-15)20-3/h5,7,9,13-14,16,18H,4,6,8,10-12H2,1-3H3. The Balaban J connectivity index is 1.91. The number of nitrogens with zero attached hydrogens (tertiary/aromatic N) is 1. The van der Waals surface area contributed by atoms with E-state index in [4.69, 9.17) is 4.74 Å². The molecule has 0 spiro atoms. The molecule has 0 saturated carbocycles. The van der Waals surface area contributed by atoms with Gasteiger partial charge in [0, 0.05) is 12.1 Å². The number of benzene rings is 1. The summed E-state index contributed by atoms with van der Waals surface area (Å²) in [5.74, 6) is 0.939. The molecule has 1 aromatic rings. The fraction of sp³-hybridized carbons (Fsp3) is 0.647. The van der Waals surface area contributed by atoms with Crippen molar-refractivity contribution in [3.05, 3.63) is 29.8 Å². The average Bonchev–Trinajstić information content (AvgIpc) is 2.72. The van der Waals surface area contributed by atoms with Crippen molar-refractivity contribution in [2.75, 3.05) is 26.7 Å². The summed E-state index contributed by atoms with van der Waals surface area (Å²) in [5, 5.41) is 3.79. The maximum Gasteiger partial charge on any atom is 0.119 e. The highest BCUT2D eigenvalue weighted by molar-refractivity contribution is 5.30. The topological polar surface area (TPSA) is 24.5 Å². The van der Waals surface area contributed by atoms with E-state index in [1.807, 2.05) is 6.07 Å². The van der Waals surface area contributed by atoms with E-state index in [1.165, 1.54) is 44.5 Å². The quantitative estimate of drug-likeness (QED) is 0.893. The normalized spacial score (nSPS) is 22.2. The van der Waals surface area contributed by atoms with Gasteiger partial charge in [-0.2, -0.15) is 0 Å². The van der Waals surface area contributed by atoms with E-state index >= 15 is 0 Å². The third-order valence-corrected chi connectivity index (χ3v) is 4.35. The number of nitrogens with one attached hydrogen (secondary N) is 1. The minimum atomic E-state index is 0.378. The van der Waals surface area contributed by atoms with Crippen molar-refractivity contribution in [2.24, 2.45) is 0 Å². The number of rotatable bonds is 5. The van der Waals surface area contributed by atoms with E-state index in [0.717, 1.165) is 5.75 Å². The zero-order valence-corrected chi connectivity index (χ0v) is 13.1. The lowest BCUT2D eigenvalue weighted by Gasteiger charge is -2.23. The first-order valence-corrected chi connectivity index (χ1v) is 7.85. The number of ether oxygens (including phenoxy) is 1. The minimum absolute atomic E-state index is 0.378. The van der Waals surface area contributed by atoms with E-state index in [1.54, 1.807) is 7.11 Å². The largest absolute Gasteiger partial charge is 0.497 e. The lowest BCUT2D eigenvalue weighted by Crippen LogP contribution is -2.33. The molecule has 1 aromatic carbocycles. The van der Waals surface area contributed by atoms with Crippen LogP contribution in [0.3, 0.4) is 0 Å². The number of hydrogen-bond donors (Lipinski definition) is 1. The molecule has 1 fully saturated rings. The fourth-order valence-electron chi connectivity index (χ4n) is 3.00. The molecule has 0 aliphatic carbocycles. The summed E-state index contributed by atoms with van der Waals surface area (Å²) >= 11 is 0. The number of hydrogen-bond acceptors (Lipinski definition) is 3. The van der Waals surface area contributed by atoms with Crippen molar-refractivity contribution in [2.45, 2.75) is 45.2 Å². The van der Waals surface area contributed by atoms with Crippen LogP contribution in [0.4, 0.5) is 0 Å². The summed E-state index contributed by atoms with van der Waals surface area (Å²) < 4.78 is 5.31. The van der Waals surface area contributed by atoms with Crippen LogP contribution in [-0.4, -0.2) is 37.7 Å². The van der Waals surface area contributed by atoms with Crippen LogP contribution in [0, 0.1) is 0 Å². The second-order valence-corrected chi connectivity index (χ2v) is 5.73. The van der Waals surface area contributed by atoms with Gasteiger partial charge in [0.25, 0.3) is 0 Å². The molecular weight excluding hydrogens is 248 g/mol. The molecule has 3 heteroatoms. The molecule has 112 valence electrons. The number of likely N-dealkylation sites (tertiary alicyclic amines) is 1. The molecule has 1 aliphatic rings. The molecule has 3 nitrogen and oxygen atoms in total. The maximum absolute atomic E-state index is 5.31. The van der Waals surface area contributed by atoms with Gasteiger partial charge in [-0.15, -0.1) is 0 Å².